The van der Waals surface area contributed by atoms with Gasteiger partial charge in [0.2, 0.25) is 0 Å². The van der Waals surface area contributed by atoms with Crippen molar-refractivity contribution in [1.82, 2.24) is 0 Å². The average molecular weight is 241 g/mol. The highest BCUT2D eigenvalue weighted by Gasteiger charge is 2.07. The monoisotopic (exact) mass is 240 g/mol. The Hall–Kier alpha value is -1.19. The molecule has 0 amide bonds. The van der Waals surface area contributed by atoms with Crippen molar-refractivity contribution in [2.75, 3.05) is 0 Å². The second-order valence-electron chi connectivity index (χ2n) is 2.96. The zero-order valence-corrected chi connectivity index (χ0v) is 9.11. The molecule has 1 heterocycles. The maximum absolute atomic E-state index is 13.1. The van der Waals surface area contributed by atoms with Crippen molar-refractivity contribution in [1.29, 1.82) is 0 Å². The Kier molecular flexibility index (Phi) is 2.84. The van der Waals surface area contributed by atoms with Crippen molar-refractivity contribution in [3.8, 4) is 11.1 Å². The van der Waals surface area contributed by atoms with Crippen LogP contribution in [0.5, 0.6) is 0 Å². The summed E-state index contributed by atoms with van der Waals surface area (Å²) in [5.74, 6) is -0.514. The molecule has 0 bridgehead atoms. The van der Waals surface area contributed by atoms with Gasteiger partial charge in [-0.15, -0.1) is 11.3 Å². The lowest BCUT2D eigenvalue weighted by Crippen LogP contribution is -1.87. The van der Waals surface area contributed by atoms with Gasteiger partial charge in [-0.05, 0) is 29.1 Å². The zero-order chi connectivity index (χ0) is 10.8. The second kappa shape index (κ2) is 4.13. The van der Waals surface area contributed by atoms with Crippen LogP contribution in [0.15, 0.2) is 29.6 Å². The second-order valence-corrected chi connectivity index (χ2v) is 4.48. The standard InChI is InChI=1S/C11H6ClFOS/c12-11-9(3-4-15-11)7-1-2-10(13)8(5-7)6-14/h1-6H. The Balaban J connectivity index is 2.55. The normalized spacial score (nSPS) is 10.3. The fourth-order valence-corrected chi connectivity index (χ4v) is 2.26. The third-order valence-corrected chi connectivity index (χ3v) is 3.22. The van der Waals surface area contributed by atoms with Crippen molar-refractivity contribution in [2.45, 2.75) is 0 Å². The van der Waals surface area contributed by atoms with Gasteiger partial charge in [0, 0.05) is 5.56 Å². The fraction of sp³-hybridized carbons (Fsp3) is 0. The summed E-state index contributed by atoms with van der Waals surface area (Å²) < 4.78 is 13.7. The number of thiophene rings is 1. The van der Waals surface area contributed by atoms with Crippen LogP contribution in [0.4, 0.5) is 4.39 Å². The summed E-state index contributed by atoms with van der Waals surface area (Å²) in [5.41, 5.74) is 1.63. The third-order valence-electron chi connectivity index (χ3n) is 2.05. The van der Waals surface area contributed by atoms with Crippen molar-refractivity contribution in [3.05, 3.63) is 45.4 Å². The van der Waals surface area contributed by atoms with Crippen LogP contribution in [0.2, 0.25) is 4.34 Å². The zero-order valence-electron chi connectivity index (χ0n) is 7.54. The number of aldehydes is 1. The van der Waals surface area contributed by atoms with Crippen molar-refractivity contribution < 1.29 is 9.18 Å². The SMILES string of the molecule is O=Cc1cc(-c2ccsc2Cl)ccc1F. The predicted octanol–water partition coefficient (Wildman–Crippen LogP) is 4.02. The summed E-state index contributed by atoms with van der Waals surface area (Å²) in [6.07, 6.45) is 0.499. The van der Waals surface area contributed by atoms with E-state index in [-0.39, 0.29) is 5.56 Å². The predicted molar refractivity (Wildman–Crippen MR) is 60.1 cm³/mol. The van der Waals surface area contributed by atoms with E-state index >= 15 is 0 Å². The molecule has 1 aromatic carbocycles. The van der Waals surface area contributed by atoms with Gasteiger partial charge < -0.3 is 0 Å². The molecule has 0 radical (unpaired) electrons. The van der Waals surface area contributed by atoms with E-state index < -0.39 is 5.82 Å². The smallest absolute Gasteiger partial charge is 0.153 e. The maximum Gasteiger partial charge on any atom is 0.153 e. The molecule has 0 spiro atoms. The lowest BCUT2D eigenvalue weighted by Gasteiger charge is -2.01. The van der Waals surface area contributed by atoms with Crippen molar-refractivity contribution in [2.24, 2.45) is 0 Å². The molecule has 0 fully saturated rings. The first-order valence-electron chi connectivity index (χ1n) is 4.20. The molecular weight excluding hydrogens is 235 g/mol. The molecule has 0 aliphatic heterocycles. The summed E-state index contributed by atoms with van der Waals surface area (Å²) in [6, 6.07) is 6.22. The summed E-state index contributed by atoms with van der Waals surface area (Å²) in [5, 5.41) is 1.85. The summed E-state index contributed by atoms with van der Waals surface area (Å²) >= 11 is 7.35. The molecule has 0 aliphatic carbocycles. The summed E-state index contributed by atoms with van der Waals surface area (Å²) in [4.78, 5) is 10.6. The minimum Gasteiger partial charge on any atom is -0.298 e. The van der Waals surface area contributed by atoms with Gasteiger partial charge >= 0.3 is 0 Å². The van der Waals surface area contributed by atoms with Crippen LogP contribution in [0.25, 0.3) is 11.1 Å². The minimum absolute atomic E-state index is 0.0507. The number of hydrogen-bond acceptors (Lipinski definition) is 2. The Morgan fingerprint density at radius 2 is 2.13 bits per heavy atom. The number of halogens is 2. The minimum atomic E-state index is -0.514. The van der Waals surface area contributed by atoms with Crippen LogP contribution < -0.4 is 0 Å². The van der Waals surface area contributed by atoms with E-state index in [4.69, 9.17) is 11.6 Å². The molecule has 1 nitrogen and oxygen atoms in total. The van der Waals surface area contributed by atoms with Crippen LogP contribution in [-0.2, 0) is 0 Å². The van der Waals surface area contributed by atoms with Gasteiger partial charge in [0.05, 0.1) is 5.56 Å². The first kappa shape index (κ1) is 10.3. The molecule has 0 aliphatic rings. The Morgan fingerprint density at radius 1 is 1.33 bits per heavy atom. The molecule has 0 saturated heterocycles. The number of hydrogen-bond donors (Lipinski definition) is 0. The van der Waals surface area contributed by atoms with E-state index in [0.717, 1.165) is 11.1 Å². The lowest BCUT2D eigenvalue weighted by atomic mass is 10.1. The van der Waals surface area contributed by atoms with Crippen molar-refractivity contribution >= 4 is 29.2 Å². The highest BCUT2D eigenvalue weighted by molar-refractivity contribution is 7.15. The fourth-order valence-electron chi connectivity index (χ4n) is 1.30. The molecule has 0 saturated carbocycles. The largest absolute Gasteiger partial charge is 0.298 e. The van der Waals surface area contributed by atoms with E-state index in [9.17, 15) is 9.18 Å². The van der Waals surface area contributed by atoms with Gasteiger partial charge in [0.25, 0.3) is 0 Å². The summed E-state index contributed by atoms with van der Waals surface area (Å²) in [6.45, 7) is 0. The third kappa shape index (κ3) is 1.94. The Bertz CT molecular complexity index is 507. The van der Waals surface area contributed by atoms with Gasteiger partial charge in [0.1, 0.15) is 10.2 Å². The summed E-state index contributed by atoms with van der Waals surface area (Å²) in [7, 11) is 0. The van der Waals surface area contributed by atoms with Gasteiger partial charge in [-0.2, -0.15) is 0 Å². The van der Waals surface area contributed by atoms with Gasteiger partial charge in [-0.3, -0.25) is 4.79 Å². The molecule has 0 atom stereocenters. The van der Waals surface area contributed by atoms with E-state index in [2.05, 4.69) is 0 Å². The van der Waals surface area contributed by atoms with Crippen LogP contribution >= 0.6 is 22.9 Å². The van der Waals surface area contributed by atoms with Gasteiger partial charge in [-0.25, -0.2) is 4.39 Å². The van der Waals surface area contributed by atoms with E-state index in [1.807, 2.05) is 11.4 Å². The molecule has 76 valence electrons. The molecule has 2 aromatic rings. The maximum atomic E-state index is 13.1. The average Bonchev–Trinajstić information content (AvgIpc) is 2.65. The van der Waals surface area contributed by atoms with Gasteiger partial charge in [-0.1, -0.05) is 17.7 Å². The number of carbonyl (C=O) groups is 1. The molecule has 0 N–H and O–H groups in total. The lowest BCUT2D eigenvalue weighted by molar-refractivity contribution is 0.112. The topological polar surface area (TPSA) is 17.1 Å². The van der Waals surface area contributed by atoms with E-state index in [0.29, 0.717) is 10.6 Å². The number of rotatable bonds is 2. The Morgan fingerprint density at radius 3 is 2.73 bits per heavy atom. The molecule has 1 aromatic heterocycles. The number of benzene rings is 1. The Labute approximate surface area is 95.1 Å². The van der Waals surface area contributed by atoms with E-state index in [1.165, 1.54) is 23.5 Å². The van der Waals surface area contributed by atoms with Crippen LogP contribution in [0.3, 0.4) is 0 Å². The molecule has 15 heavy (non-hydrogen) atoms. The van der Waals surface area contributed by atoms with Crippen LogP contribution in [0.1, 0.15) is 10.4 Å². The molecule has 4 heteroatoms. The molecule has 0 unspecified atom stereocenters. The van der Waals surface area contributed by atoms with Crippen LogP contribution in [-0.4, -0.2) is 6.29 Å². The van der Waals surface area contributed by atoms with Crippen LogP contribution in [0, 0.1) is 5.82 Å². The molecule has 2 rings (SSSR count). The molecular formula is C11H6ClFOS. The first-order chi connectivity index (χ1) is 7.22. The highest BCUT2D eigenvalue weighted by Crippen LogP contribution is 2.32. The quantitative estimate of drug-likeness (QED) is 0.725. The van der Waals surface area contributed by atoms with Crippen molar-refractivity contribution in [3.63, 3.8) is 0 Å². The van der Waals surface area contributed by atoms with Gasteiger partial charge in [0.15, 0.2) is 6.29 Å². The number of carbonyl (C=O) groups excluding carboxylic acids is 1. The highest BCUT2D eigenvalue weighted by atomic mass is 35.5. The first-order valence-corrected chi connectivity index (χ1v) is 5.46. The van der Waals surface area contributed by atoms with E-state index in [1.54, 1.807) is 6.07 Å².